The van der Waals surface area contributed by atoms with Gasteiger partial charge >= 0.3 is 5.97 Å². The highest BCUT2D eigenvalue weighted by Crippen LogP contribution is 2.27. The number of benzene rings is 1. The van der Waals surface area contributed by atoms with Crippen LogP contribution in [0.15, 0.2) is 35.7 Å². The van der Waals surface area contributed by atoms with Crippen LogP contribution in [0, 0.1) is 0 Å². The summed E-state index contributed by atoms with van der Waals surface area (Å²) in [7, 11) is 0. The van der Waals surface area contributed by atoms with Crippen molar-refractivity contribution in [1.29, 1.82) is 0 Å². The molecule has 1 heterocycles. The van der Waals surface area contributed by atoms with Gasteiger partial charge in [-0.3, -0.25) is 0 Å². The molecule has 0 amide bonds. The summed E-state index contributed by atoms with van der Waals surface area (Å²) in [6.45, 7) is 1.99. The van der Waals surface area contributed by atoms with Gasteiger partial charge in [-0.05, 0) is 36.6 Å². The Hall–Kier alpha value is -1.52. The zero-order valence-electron chi connectivity index (χ0n) is 9.68. The normalized spacial score (nSPS) is 12.1. The van der Waals surface area contributed by atoms with Gasteiger partial charge in [-0.25, -0.2) is 4.79 Å². The number of nitrogens with one attached hydrogen (secondary N) is 1. The van der Waals surface area contributed by atoms with Crippen LogP contribution in [-0.2, 0) is 0 Å². The molecule has 1 unspecified atom stereocenters. The highest BCUT2D eigenvalue weighted by Gasteiger charge is 2.13. The minimum absolute atomic E-state index is 0.0595. The van der Waals surface area contributed by atoms with Crippen LogP contribution < -0.4 is 5.32 Å². The van der Waals surface area contributed by atoms with Gasteiger partial charge in [0.05, 0.1) is 11.6 Å². The van der Waals surface area contributed by atoms with Crippen LogP contribution >= 0.6 is 22.9 Å². The molecule has 0 bridgehead atoms. The minimum atomic E-state index is -0.988. The lowest BCUT2D eigenvalue weighted by atomic mass is 10.1. The Morgan fingerprint density at radius 2 is 2.22 bits per heavy atom. The number of thiophene rings is 1. The molecule has 94 valence electrons. The quantitative estimate of drug-likeness (QED) is 0.880. The molecule has 0 aliphatic heterocycles. The predicted molar refractivity (Wildman–Crippen MR) is 74.8 cm³/mol. The summed E-state index contributed by atoms with van der Waals surface area (Å²) in [6.07, 6.45) is 0. The van der Waals surface area contributed by atoms with E-state index in [1.165, 1.54) is 6.07 Å². The molecule has 0 aliphatic carbocycles. The maximum Gasteiger partial charge on any atom is 0.337 e. The van der Waals surface area contributed by atoms with Crippen LogP contribution in [0.5, 0.6) is 0 Å². The van der Waals surface area contributed by atoms with Crippen LogP contribution in [0.1, 0.15) is 28.2 Å². The van der Waals surface area contributed by atoms with E-state index in [2.05, 4.69) is 5.32 Å². The Bertz CT molecular complexity index is 554. The number of rotatable bonds is 4. The van der Waals surface area contributed by atoms with Crippen molar-refractivity contribution in [2.45, 2.75) is 13.0 Å². The highest BCUT2D eigenvalue weighted by atomic mass is 35.5. The maximum atomic E-state index is 11.1. The fourth-order valence-corrected chi connectivity index (χ4v) is 2.57. The number of carboxylic acids is 1. The first-order valence-corrected chi connectivity index (χ1v) is 6.66. The summed E-state index contributed by atoms with van der Waals surface area (Å²) in [5, 5.41) is 14.7. The molecule has 0 fully saturated rings. The lowest BCUT2D eigenvalue weighted by molar-refractivity contribution is 0.0698. The third-order valence-corrected chi connectivity index (χ3v) is 3.84. The van der Waals surface area contributed by atoms with Gasteiger partial charge in [-0.1, -0.05) is 17.7 Å². The third-order valence-electron chi connectivity index (χ3n) is 2.55. The van der Waals surface area contributed by atoms with E-state index in [9.17, 15) is 4.79 Å². The number of halogens is 1. The second kappa shape index (κ2) is 5.42. The molecule has 2 aromatic rings. The molecule has 0 aliphatic rings. The van der Waals surface area contributed by atoms with E-state index in [-0.39, 0.29) is 11.6 Å². The van der Waals surface area contributed by atoms with E-state index in [1.54, 1.807) is 23.5 Å². The minimum Gasteiger partial charge on any atom is -0.478 e. The molecule has 0 radical (unpaired) electrons. The summed E-state index contributed by atoms with van der Waals surface area (Å²) in [5.41, 5.74) is 0.763. The summed E-state index contributed by atoms with van der Waals surface area (Å²) in [6, 6.07) is 8.86. The molecule has 0 saturated heterocycles. The van der Waals surface area contributed by atoms with Crippen LogP contribution in [0.3, 0.4) is 0 Å². The Balaban J connectivity index is 2.26. The average molecular weight is 282 g/mol. The topological polar surface area (TPSA) is 49.3 Å². The van der Waals surface area contributed by atoms with Crippen molar-refractivity contribution < 1.29 is 9.90 Å². The summed E-state index contributed by atoms with van der Waals surface area (Å²) < 4.78 is 0. The molecule has 1 aromatic carbocycles. The summed E-state index contributed by atoms with van der Waals surface area (Å²) >= 11 is 7.44. The van der Waals surface area contributed by atoms with E-state index in [1.807, 2.05) is 24.4 Å². The number of anilines is 1. The van der Waals surface area contributed by atoms with E-state index < -0.39 is 5.97 Å². The van der Waals surface area contributed by atoms with Gasteiger partial charge in [0, 0.05) is 15.6 Å². The molecule has 1 atom stereocenters. The smallest absolute Gasteiger partial charge is 0.337 e. The average Bonchev–Trinajstić information content (AvgIpc) is 2.84. The number of aromatic carboxylic acids is 1. The molecule has 0 spiro atoms. The Kier molecular flexibility index (Phi) is 3.89. The zero-order chi connectivity index (χ0) is 13.1. The molecule has 2 rings (SSSR count). The van der Waals surface area contributed by atoms with Crippen molar-refractivity contribution >= 4 is 34.6 Å². The number of carbonyl (C=O) groups is 1. The number of hydrogen-bond acceptors (Lipinski definition) is 3. The van der Waals surface area contributed by atoms with Crippen LogP contribution in [0.25, 0.3) is 0 Å². The van der Waals surface area contributed by atoms with Crippen molar-refractivity contribution in [2.24, 2.45) is 0 Å². The molecular weight excluding hydrogens is 270 g/mol. The Labute approximate surface area is 114 Å². The second-order valence-electron chi connectivity index (χ2n) is 3.88. The number of carboxylic acid groups (broad SMARTS) is 1. The summed E-state index contributed by atoms with van der Waals surface area (Å²) in [5.74, 6) is -0.988. The van der Waals surface area contributed by atoms with Crippen LogP contribution in [0.4, 0.5) is 5.69 Å². The van der Waals surface area contributed by atoms with Gasteiger partial charge in [0.25, 0.3) is 0 Å². The van der Waals surface area contributed by atoms with Crippen molar-refractivity contribution in [1.82, 2.24) is 0 Å². The molecule has 0 saturated carbocycles. The first-order valence-electron chi connectivity index (χ1n) is 5.40. The lowest BCUT2D eigenvalue weighted by Gasteiger charge is -2.15. The van der Waals surface area contributed by atoms with Gasteiger partial charge in [-0.15, -0.1) is 11.3 Å². The first kappa shape index (κ1) is 12.9. The molecule has 2 N–H and O–H groups in total. The van der Waals surface area contributed by atoms with Gasteiger partial charge in [0.1, 0.15) is 0 Å². The monoisotopic (exact) mass is 281 g/mol. The van der Waals surface area contributed by atoms with Gasteiger partial charge in [-0.2, -0.15) is 0 Å². The van der Waals surface area contributed by atoms with Crippen molar-refractivity contribution in [2.75, 3.05) is 5.32 Å². The maximum absolute atomic E-state index is 11.1. The van der Waals surface area contributed by atoms with Gasteiger partial charge < -0.3 is 10.4 Å². The second-order valence-corrected chi connectivity index (χ2v) is 5.29. The van der Waals surface area contributed by atoms with Crippen molar-refractivity contribution in [3.05, 3.63) is 51.2 Å². The Morgan fingerprint density at radius 1 is 1.44 bits per heavy atom. The largest absolute Gasteiger partial charge is 0.478 e. The van der Waals surface area contributed by atoms with Crippen molar-refractivity contribution in [3.63, 3.8) is 0 Å². The fraction of sp³-hybridized carbons (Fsp3) is 0.154. The Morgan fingerprint density at radius 3 is 2.83 bits per heavy atom. The summed E-state index contributed by atoms with van der Waals surface area (Å²) in [4.78, 5) is 12.3. The van der Waals surface area contributed by atoms with Crippen molar-refractivity contribution in [3.8, 4) is 0 Å². The van der Waals surface area contributed by atoms with E-state index >= 15 is 0 Å². The van der Waals surface area contributed by atoms with E-state index in [0.717, 1.165) is 4.88 Å². The van der Waals surface area contributed by atoms with Crippen LogP contribution in [-0.4, -0.2) is 11.1 Å². The van der Waals surface area contributed by atoms with Gasteiger partial charge in [0.2, 0.25) is 0 Å². The number of hydrogen-bond donors (Lipinski definition) is 2. The third kappa shape index (κ3) is 2.83. The van der Waals surface area contributed by atoms with E-state index in [0.29, 0.717) is 10.7 Å². The molecule has 1 aromatic heterocycles. The standard InChI is InChI=1S/C13H12ClNO2S/c1-8(12-3-2-6-18-12)15-11-5-4-9(14)7-10(11)13(16)17/h2-8,15H,1H3,(H,16,17). The molecular formula is C13H12ClNO2S. The predicted octanol–water partition coefficient (Wildman–Crippen LogP) is 4.27. The first-order chi connectivity index (χ1) is 8.58. The molecule has 5 heteroatoms. The SMILES string of the molecule is CC(Nc1ccc(Cl)cc1C(=O)O)c1cccs1. The lowest BCUT2D eigenvalue weighted by Crippen LogP contribution is -2.09. The van der Waals surface area contributed by atoms with Gasteiger partial charge in [0.15, 0.2) is 0 Å². The molecule has 18 heavy (non-hydrogen) atoms. The highest BCUT2D eigenvalue weighted by molar-refractivity contribution is 7.10. The molecule has 3 nitrogen and oxygen atoms in total. The van der Waals surface area contributed by atoms with E-state index in [4.69, 9.17) is 16.7 Å². The van der Waals surface area contributed by atoms with Crippen LogP contribution in [0.2, 0.25) is 5.02 Å². The fourth-order valence-electron chi connectivity index (χ4n) is 1.66. The zero-order valence-corrected chi connectivity index (χ0v) is 11.3.